The van der Waals surface area contributed by atoms with E-state index in [-0.39, 0.29) is 5.82 Å². The molecule has 0 spiro atoms. The summed E-state index contributed by atoms with van der Waals surface area (Å²) in [7, 11) is 0. The second kappa shape index (κ2) is 6.53. The van der Waals surface area contributed by atoms with Crippen molar-refractivity contribution >= 4 is 23.3 Å². The number of amides is 2. The van der Waals surface area contributed by atoms with Crippen molar-refractivity contribution < 1.29 is 18.7 Å². The van der Waals surface area contributed by atoms with Crippen molar-refractivity contribution in [2.45, 2.75) is 12.5 Å². The van der Waals surface area contributed by atoms with E-state index in [1.165, 1.54) is 19.2 Å². The first-order valence-corrected chi connectivity index (χ1v) is 8.73. The van der Waals surface area contributed by atoms with Crippen LogP contribution in [0.15, 0.2) is 42.6 Å². The van der Waals surface area contributed by atoms with Crippen molar-refractivity contribution in [1.82, 2.24) is 9.88 Å². The van der Waals surface area contributed by atoms with Gasteiger partial charge in [0.1, 0.15) is 5.82 Å². The number of hydrogen-bond donors (Lipinski definition) is 1. The summed E-state index contributed by atoms with van der Waals surface area (Å²) in [4.78, 5) is 33.0. The van der Waals surface area contributed by atoms with E-state index in [0.29, 0.717) is 43.4 Å². The van der Waals surface area contributed by atoms with E-state index in [1.54, 1.807) is 35.2 Å². The molecule has 0 saturated carbocycles. The van der Waals surface area contributed by atoms with Crippen LogP contribution in [0.1, 0.15) is 6.92 Å². The highest BCUT2D eigenvalue weighted by Crippen LogP contribution is 2.33. The highest BCUT2D eigenvalue weighted by Gasteiger charge is 2.50. The average molecular weight is 370 g/mol. The molecule has 2 amide bonds. The molecule has 0 radical (unpaired) electrons. The van der Waals surface area contributed by atoms with Gasteiger partial charge in [-0.2, -0.15) is 0 Å². The van der Waals surface area contributed by atoms with Crippen LogP contribution in [-0.2, 0) is 9.59 Å². The molecule has 1 N–H and O–H groups in total. The van der Waals surface area contributed by atoms with Crippen molar-refractivity contribution in [1.29, 1.82) is 0 Å². The highest BCUT2D eigenvalue weighted by molar-refractivity contribution is 6.15. The maximum atomic E-state index is 14.0. The number of benzene rings is 1. The molecule has 8 heteroatoms. The van der Waals surface area contributed by atoms with E-state index < -0.39 is 17.4 Å². The molecule has 0 bridgehead atoms. The summed E-state index contributed by atoms with van der Waals surface area (Å²) in [6.45, 7) is 3.16. The summed E-state index contributed by atoms with van der Waals surface area (Å²) < 4.78 is 19.7. The SMILES string of the molecule is CC1(C(=O)N2CCN(c3ccccc3F)CC2)Oc2cccnc2NC1=O. The van der Waals surface area contributed by atoms with E-state index in [9.17, 15) is 14.0 Å². The Morgan fingerprint density at radius 3 is 2.67 bits per heavy atom. The number of rotatable bonds is 2. The van der Waals surface area contributed by atoms with Gasteiger partial charge in [0.25, 0.3) is 17.4 Å². The molecule has 1 aromatic carbocycles. The number of nitrogens with zero attached hydrogens (tertiary/aromatic N) is 3. The number of pyridine rings is 1. The zero-order chi connectivity index (χ0) is 19.0. The first-order chi connectivity index (χ1) is 13.0. The molecule has 1 unspecified atom stereocenters. The number of fused-ring (bicyclic) bond motifs is 1. The van der Waals surface area contributed by atoms with Gasteiger partial charge in [-0.25, -0.2) is 9.37 Å². The Kier molecular flexibility index (Phi) is 4.18. The fraction of sp³-hybridized carbons (Fsp3) is 0.316. The van der Waals surface area contributed by atoms with Crippen LogP contribution in [0, 0.1) is 5.82 Å². The Labute approximate surface area is 155 Å². The molecule has 7 nitrogen and oxygen atoms in total. The number of hydrogen-bond acceptors (Lipinski definition) is 5. The minimum Gasteiger partial charge on any atom is -0.464 e. The Bertz CT molecular complexity index is 898. The summed E-state index contributed by atoms with van der Waals surface area (Å²) >= 11 is 0. The lowest BCUT2D eigenvalue weighted by atomic mass is 10.0. The minimum atomic E-state index is -1.66. The number of piperazine rings is 1. The number of ether oxygens (including phenoxy) is 1. The van der Waals surface area contributed by atoms with Crippen LogP contribution in [0.3, 0.4) is 0 Å². The van der Waals surface area contributed by atoms with Gasteiger partial charge >= 0.3 is 0 Å². The molecule has 2 aromatic rings. The Balaban J connectivity index is 1.48. The maximum absolute atomic E-state index is 14.0. The zero-order valence-corrected chi connectivity index (χ0v) is 14.8. The maximum Gasteiger partial charge on any atom is 0.279 e. The van der Waals surface area contributed by atoms with E-state index in [2.05, 4.69) is 10.3 Å². The first-order valence-electron chi connectivity index (χ1n) is 8.73. The third-order valence-electron chi connectivity index (χ3n) is 4.92. The fourth-order valence-electron chi connectivity index (χ4n) is 3.36. The zero-order valence-electron chi connectivity index (χ0n) is 14.8. The van der Waals surface area contributed by atoms with Gasteiger partial charge in [-0.15, -0.1) is 0 Å². The molecule has 0 aliphatic carbocycles. The average Bonchev–Trinajstić information content (AvgIpc) is 2.69. The van der Waals surface area contributed by atoms with E-state index in [1.807, 2.05) is 4.90 Å². The number of carbonyl (C=O) groups is 2. The molecule has 1 saturated heterocycles. The molecule has 2 aliphatic heterocycles. The number of carbonyl (C=O) groups excluding carboxylic acids is 2. The number of para-hydroxylation sites is 1. The topological polar surface area (TPSA) is 74.8 Å². The Hall–Kier alpha value is -3.16. The molecule has 140 valence electrons. The van der Waals surface area contributed by atoms with Crippen molar-refractivity contribution in [3.8, 4) is 5.75 Å². The summed E-state index contributed by atoms with van der Waals surface area (Å²) in [6.07, 6.45) is 1.54. The molecule has 4 rings (SSSR count). The van der Waals surface area contributed by atoms with E-state index >= 15 is 0 Å². The second-order valence-electron chi connectivity index (χ2n) is 6.67. The van der Waals surface area contributed by atoms with Gasteiger partial charge in [0, 0.05) is 32.4 Å². The lowest BCUT2D eigenvalue weighted by molar-refractivity contribution is -0.154. The van der Waals surface area contributed by atoms with Gasteiger partial charge in [-0.05, 0) is 31.2 Å². The van der Waals surface area contributed by atoms with Crippen LogP contribution in [0.4, 0.5) is 15.9 Å². The summed E-state index contributed by atoms with van der Waals surface area (Å²) in [5.74, 6) is -0.587. The summed E-state index contributed by atoms with van der Waals surface area (Å²) in [5.41, 5.74) is -1.14. The first kappa shape index (κ1) is 17.3. The monoisotopic (exact) mass is 370 g/mol. The second-order valence-corrected chi connectivity index (χ2v) is 6.67. The van der Waals surface area contributed by atoms with Gasteiger partial charge in [0.05, 0.1) is 5.69 Å². The van der Waals surface area contributed by atoms with Gasteiger partial charge < -0.3 is 19.9 Å². The van der Waals surface area contributed by atoms with Crippen molar-refractivity contribution in [2.24, 2.45) is 0 Å². The van der Waals surface area contributed by atoms with Crippen molar-refractivity contribution in [3.63, 3.8) is 0 Å². The predicted octanol–water partition coefficient (Wildman–Crippen LogP) is 1.66. The third-order valence-corrected chi connectivity index (χ3v) is 4.92. The van der Waals surface area contributed by atoms with Gasteiger partial charge in [0.15, 0.2) is 11.6 Å². The van der Waals surface area contributed by atoms with Crippen LogP contribution in [0.5, 0.6) is 5.75 Å². The number of halogens is 1. The molecule has 1 aromatic heterocycles. The molecular formula is C19H19FN4O3. The van der Waals surface area contributed by atoms with E-state index in [4.69, 9.17) is 4.74 Å². The quantitative estimate of drug-likeness (QED) is 0.814. The van der Waals surface area contributed by atoms with Crippen molar-refractivity contribution in [2.75, 3.05) is 36.4 Å². The lowest BCUT2D eigenvalue weighted by Gasteiger charge is -2.41. The number of nitrogens with one attached hydrogen (secondary N) is 1. The lowest BCUT2D eigenvalue weighted by Crippen LogP contribution is -2.62. The van der Waals surface area contributed by atoms with E-state index in [0.717, 1.165) is 0 Å². The highest BCUT2D eigenvalue weighted by atomic mass is 19.1. The van der Waals surface area contributed by atoms with Gasteiger partial charge in [0.2, 0.25) is 0 Å². The van der Waals surface area contributed by atoms with Crippen LogP contribution in [0.25, 0.3) is 0 Å². The van der Waals surface area contributed by atoms with Crippen LogP contribution in [-0.4, -0.2) is 53.5 Å². The third kappa shape index (κ3) is 2.97. The van der Waals surface area contributed by atoms with Crippen LogP contribution >= 0.6 is 0 Å². The summed E-state index contributed by atoms with van der Waals surface area (Å²) in [5, 5.41) is 2.63. The standard InChI is InChI=1S/C19H19FN4O3/c1-19(17(25)22-16-15(27-19)7-4-8-21-16)18(26)24-11-9-23(10-12-24)14-6-3-2-5-13(14)20/h2-8H,9-12H2,1H3,(H,21,22,25). The smallest absolute Gasteiger partial charge is 0.279 e. The molecule has 1 atom stereocenters. The molecule has 1 fully saturated rings. The number of anilines is 2. The molecule has 27 heavy (non-hydrogen) atoms. The Morgan fingerprint density at radius 2 is 1.93 bits per heavy atom. The largest absolute Gasteiger partial charge is 0.464 e. The Morgan fingerprint density at radius 1 is 1.19 bits per heavy atom. The number of aromatic nitrogens is 1. The molecule has 2 aliphatic rings. The van der Waals surface area contributed by atoms with Gasteiger partial charge in [-0.1, -0.05) is 12.1 Å². The predicted molar refractivity (Wildman–Crippen MR) is 97.1 cm³/mol. The summed E-state index contributed by atoms with van der Waals surface area (Å²) in [6, 6.07) is 9.89. The van der Waals surface area contributed by atoms with Crippen molar-refractivity contribution in [3.05, 3.63) is 48.4 Å². The minimum absolute atomic E-state index is 0.289. The van der Waals surface area contributed by atoms with Gasteiger partial charge in [-0.3, -0.25) is 9.59 Å². The molecule has 3 heterocycles. The molecular weight excluding hydrogens is 351 g/mol. The fourth-order valence-corrected chi connectivity index (χ4v) is 3.36. The van der Waals surface area contributed by atoms with Crippen LogP contribution in [0.2, 0.25) is 0 Å². The normalized spacial score (nSPS) is 21.9. The van der Waals surface area contributed by atoms with Crippen LogP contribution < -0.4 is 15.0 Å².